The molecule has 0 amide bonds. The lowest BCUT2D eigenvalue weighted by Crippen LogP contribution is -2.14. The van der Waals surface area contributed by atoms with Gasteiger partial charge in [0.15, 0.2) is 5.78 Å². The zero-order valence-corrected chi connectivity index (χ0v) is 11.8. The van der Waals surface area contributed by atoms with Crippen molar-refractivity contribution in [3.05, 3.63) is 33.8 Å². The SMILES string of the molecule is CCCCC(CC)C(=O)c1ccc(Cl)cc1Cl. The fourth-order valence-corrected chi connectivity index (χ4v) is 2.38. The molecule has 0 saturated carbocycles. The minimum Gasteiger partial charge on any atom is -0.294 e. The van der Waals surface area contributed by atoms with Crippen LogP contribution in [0.2, 0.25) is 10.0 Å². The number of halogens is 2. The predicted molar refractivity (Wildman–Crippen MR) is 74.1 cm³/mol. The third-order valence-electron chi connectivity index (χ3n) is 2.97. The van der Waals surface area contributed by atoms with Crippen LogP contribution < -0.4 is 0 Å². The van der Waals surface area contributed by atoms with E-state index in [-0.39, 0.29) is 11.7 Å². The standard InChI is InChI=1S/C14H18Cl2O/c1-3-5-6-10(4-2)14(17)12-8-7-11(15)9-13(12)16/h7-10H,3-6H2,1-2H3. The summed E-state index contributed by atoms with van der Waals surface area (Å²) in [5.74, 6) is 0.219. The van der Waals surface area contributed by atoms with Gasteiger partial charge in [-0.15, -0.1) is 0 Å². The highest BCUT2D eigenvalue weighted by molar-refractivity contribution is 6.36. The lowest BCUT2D eigenvalue weighted by Gasteiger charge is -2.14. The number of rotatable bonds is 6. The summed E-state index contributed by atoms with van der Waals surface area (Å²) in [5.41, 5.74) is 0.596. The lowest BCUT2D eigenvalue weighted by atomic mass is 9.90. The van der Waals surface area contributed by atoms with Gasteiger partial charge < -0.3 is 0 Å². The molecule has 3 heteroatoms. The number of carbonyl (C=O) groups excluding carboxylic acids is 1. The summed E-state index contributed by atoms with van der Waals surface area (Å²) in [4.78, 5) is 12.3. The molecule has 0 aliphatic rings. The summed E-state index contributed by atoms with van der Waals surface area (Å²) >= 11 is 11.9. The maximum absolute atomic E-state index is 12.3. The molecule has 0 radical (unpaired) electrons. The van der Waals surface area contributed by atoms with Crippen LogP contribution in [-0.4, -0.2) is 5.78 Å². The Hall–Kier alpha value is -0.530. The van der Waals surface area contributed by atoms with Gasteiger partial charge in [-0.1, -0.05) is 49.9 Å². The highest BCUT2D eigenvalue weighted by Crippen LogP contribution is 2.26. The Kier molecular flexibility index (Phi) is 6.01. The molecule has 0 N–H and O–H groups in total. The van der Waals surface area contributed by atoms with Crippen LogP contribution in [0.3, 0.4) is 0 Å². The predicted octanol–water partition coefficient (Wildman–Crippen LogP) is 5.39. The molecule has 1 unspecified atom stereocenters. The second-order valence-electron chi connectivity index (χ2n) is 4.24. The number of Topliss-reactive ketones (excluding diaryl/α,β-unsaturated/α-hetero) is 1. The third kappa shape index (κ3) is 4.01. The number of hydrogen-bond acceptors (Lipinski definition) is 1. The van der Waals surface area contributed by atoms with Crippen molar-refractivity contribution in [1.29, 1.82) is 0 Å². The maximum atomic E-state index is 12.3. The summed E-state index contributed by atoms with van der Waals surface area (Å²) < 4.78 is 0. The van der Waals surface area contributed by atoms with E-state index in [0.717, 1.165) is 25.7 Å². The van der Waals surface area contributed by atoms with Gasteiger partial charge in [0.2, 0.25) is 0 Å². The summed E-state index contributed by atoms with van der Waals surface area (Å²) in [5, 5.41) is 1.02. The number of carbonyl (C=O) groups is 1. The summed E-state index contributed by atoms with van der Waals surface area (Å²) in [6.45, 7) is 4.18. The van der Waals surface area contributed by atoms with Crippen molar-refractivity contribution in [3.63, 3.8) is 0 Å². The molecule has 94 valence electrons. The van der Waals surface area contributed by atoms with Gasteiger partial charge in [0, 0.05) is 16.5 Å². The van der Waals surface area contributed by atoms with Gasteiger partial charge >= 0.3 is 0 Å². The van der Waals surface area contributed by atoms with Crippen molar-refractivity contribution in [2.45, 2.75) is 39.5 Å². The van der Waals surface area contributed by atoms with E-state index < -0.39 is 0 Å². The van der Waals surface area contributed by atoms with E-state index in [9.17, 15) is 4.79 Å². The van der Waals surface area contributed by atoms with Crippen LogP contribution in [0, 0.1) is 5.92 Å². The molecule has 1 rings (SSSR count). The van der Waals surface area contributed by atoms with Gasteiger partial charge in [0.1, 0.15) is 0 Å². The second-order valence-corrected chi connectivity index (χ2v) is 5.08. The van der Waals surface area contributed by atoms with Crippen molar-refractivity contribution < 1.29 is 4.79 Å². The Balaban J connectivity index is 2.86. The number of unbranched alkanes of at least 4 members (excludes halogenated alkanes) is 1. The van der Waals surface area contributed by atoms with Crippen molar-refractivity contribution in [3.8, 4) is 0 Å². The quantitative estimate of drug-likeness (QED) is 0.635. The van der Waals surface area contributed by atoms with Crippen LogP contribution in [0.1, 0.15) is 49.9 Å². The van der Waals surface area contributed by atoms with Crippen molar-refractivity contribution in [2.24, 2.45) is 5.92 Å². The largest absolute Gasteiger partial charge is 0.294 e. The minimum absolute atomic E-state index is 0.0774. The van der Waals surface area contributed by atoms with Crippen molar-refractivity contribution in [2.75, 3.05) is 0 Å². The monoisotopic (exact) mass is 272 g/mol. The molecule has 0 aromatic heterocycles. The molecule has 0 bridgehead atoms. The number of ketones is 1. The Morgan fingerprint density at radius 1 is 1.29 bits per heavy atom. The van der Waals surface area contributed by atoms with Crippen LogP contribution in [-0.2, 0) is 0 Å². The first-order valence-corrected chi connectivity index (χ1v) is 6.85. The highest BCUT2D eigenvalue weighted by atomic mass is 35.5. The molecule has 17 heavy (non-hydrogen) atoms. The molecule has 1 atom stereocenters. The first-order valence-electron chi connectivity index (χ1n) is 6.09. The molecule has 0 spiro atoms. The second kappa shape index (κ2) is 7.03. The van der Waals surface area contributed by atoms with Gasteiger partial charge in [0.05, 0.1) is 5.02 Å². The highest BCUT2D eigenvalue weighted by Gasteiger charge is 2.19. The average Bonchev–Trinajstić information content (AvgIpc) is 2.29. The first kappa shape index (κ1) is 14.5. The van der Waals surface area contributed by atoms with Gasteiger partial charge in [0.25, 0.3) is 0 Å². The minimum atomic E-state index is 0.0774. The van der Waals surface area contributed by atoms with E-state index in [1.807, 2.05) is 6.92 Å². The Bertz CT molecular complexity index is 388. The first-order chi connectivity index (χ1) is 8.10. The zero-order chi connectivity index (χ0) is 12.8. The molecule has 1 aromatic carbocycles. The van der Waals surface area contributed by atoms with E-state index in [2.05, 4.69) is 6.92 Å². The molecular weight excluding hydrogens is 255 g/mol. The molecule has 0 fully saturated rings. The van der Waals surface area contributed by atoms with Crippen LogP contribution in [0.25, 0.3) is 0 Å². The molecule has 1 nitrogen and oxygen atoms in total. The van der Waals surface area contributed by atoms with Crippen LogP contribution in [0.4, 0.5) is 0 Å². The van der Waals surface area contributed by atoms with Crippen molar-refractivity contribution >= 4 is 29.0 Å². The molecule has 0 aliphatic heterocycles. The fourth-order valence-electron chi connectivity index (χ4n) is 1.88. The molecule has 0 aliphatic carbocycles. The molecule has 0 heterocycles. The van der Waals surface area contributed by atoms with E-state index in [4.69, 9.17) is 23.2 Å². The van der Waals surface area contributed by atoms with Crippen LogP contribution >= 0.6 is 23.2 Å². The normalized spacial score (nSPS) is 12.5. The summed E-state index contributed by atoms with van der Waals surface area (Å²) in [6.07, 6.45) is 3.98. The number of benzene rings is 1. The molecule has 1 aromatic rings. The maximum Gasteiger partial charge on any atom is 0.167 e. The van der Waals surface area contributed by atoms with Gasteiger partial charge in [-0.05, 0) is 31.0 Å². The van der Waals surface area contributed by atoms with E-state index in [1.165, 1.54) is 0 Å². The van der Waals surface area contributed by atoms with Gasteiger partial charge in [-0.3, -0.25) is 4.79 Å². The van der Waals surface area contributed by atoms with Crippen LogP contribution in [0.15, 0.2) is 18.2 Å². The van der Waals surface area contributed by atoms with Gasteiger partial charge in [-0.25, -0.2) is 0 Å². The average molecular weight is 273 g/mol. The molecular formula is C14H18Cl2O. The third-order valence-corrected chi connectivity index (χ3v) is 3.51. The summed E-state index contributed by atoms with van der Waals surface area (Å²) in [7, 11) is 0. The number of hydrogen-bond donors (Lipinski definition) is 0. The van der Waals surface area contributed by atoms with E-state index in [1.54, 1.807) is 18.2 Å². The smallest absolute Gasteiger partial charge is 0.167 e. The lowest BCUT2D eigenvalue weighted by molar-refractivity contribution is 0.0908. The van der Waals surface area contributed by atoms with Crippen molar-refractivity contribution in [1.82, 2.24) is 0 Å². The molecule has 0 saturated heterocycles. The Morgan fingerprint density at radius 3 is 2.53 bits per heavy atom. The Labute approximate surface area is 113 Å². The Morgan fingerprint density at radius 2 is 2.00 bits per heavy atom. The fraction of sp³-hybridized carbons (Fsp3) is 0.500. The van der Waals surface area contributed by atoms with Gasteiger partial charge in [-0.2, -0.15) is 0 Å². The summed E-state index contributed by atoms with van der Waals surface area (Å²) in [6, 6.07) is 5.07. The van der Waals surface area contributed by atoms with Crippen LogP contribution in [0.5, 0.6) is 0 Å². The zero-order valence-electron chi connectivity index (χ0n) is 10.3. The topological polar surface area (TPSA) is 17.1 Å². The van der Waals surface area contributed by atoms with E-state index >= 15 is 0 Å². The van der Waals surface area contributed by atoms with E-state index in [0.29, 0.717) is 15.6 Å².